The smallest absolute Gasteiger partial charge is 0.343 e. The number of unbranched alkanes of at least 4 members (excludes halogenated alkanes) is 10. The van der Waals surface area contributed by atoms with Crippen LogP contribution in [0.2, 0.25) is 0 Å². The first-order valence-electron chi connectivity index (χ1n) is 17.7. The SMILES string of the molecule is CCCCCCCCCCCCOC(C)c1ccc(-c2ccc(C(=O)Oc3ccccc3C(CCC)CCCC)cc2)cc1. The Hall–Kier alpha value is -2.91. The molecule has 3 aromatic carbocycles. The van der Waals surface area contributed by atoms with E-state index in [-0.39, 0.29) is 12.1 Å². The number of carbonyl (C=O) groups excluding carboxylic acids is 1. The van der Waals surface area contributed by atoms with E-state index in [1.54, 1.807) is 0 Å². The van der Waals surface area contributed by atoms with Gasteiger partial charge in [0.05, 0.1) is 11.7 Å². The highest BCUT2D eigenvalue weighted by atomic mass is 16.5. The molecule has 0 aliphatic carbocycles. The Balaban J connectivity index is 1.46. The number of hydrogen-bond acceptors (Lipinski definition) is 3. The lowest BCUT2D eigenvalue weighted by Crippen LogP contribution is -2.11. The van der Waals surface area contributed by atoms with Crippen LogP contribution in [-0.2, 0) is 4.74 Å². The van der Waals surface area contributed by atoms with Crippen molar-refractivity contribution in [1.82, 2.24) is 0 Å². The van der Waals surface area contributed by atoms with Crippen LogP contribution in [-0.4, -0.2) is 12.6 Å². The van der Waals surface area contributed by atoms with Crippen molar-refractivity contribution in [2.45, 2.75) is 136 Å². The molecule has 2 atom stereocenters. The highest BCUT2D eigenvalue weighted by Gasteiger charge is 2.18. The molecule has 0 saturated heterocycles. The summed E-state index contributed by atoms with van der Waals surface area (Å²) in [4.78, 5) is 13.1. The summed E-state index contributed by atoms with van der Waals surface area (Å²) in [6, 6.07) is 24.4. The van der Waals surface area contributed by atoms with Gasteiger partial charge in [0.2, 0.25) is 0 Å². The summed E-state index contributed by atoms with van der Waals surface area (Å²) in [5, 5.41) is 0. The Bertz CT molecular complexity index is 1180. The van der Waals surface area contributed by atoms with Crippen LogP contribution in [0.3, 0.4) is 0 Å². The van der Waals surface area contributed by atoms with Crippen molar-refractivity contribution in [3.8, 4) is 16.9 Å². The number of benzene rings is 3. The Morgan fingerprint density at radius 3 is 1.80 bits per heavy atom. The summed E-state index contributed by atoms with van der Waals surface area (Å²) < 4.78 is 12.1. The molecule has 2 unspecified atom stereocenters. The lowest BCUT2D eigenvalue weighted by Gasteiger charge is -2.19. The third-order valence-corrected chi connectivity index (χ3v) is 8.80. The minimum absolute atomic E-state index is 0.0848. The Morgan fingerprint density at radius 2 is 1.18 bits per heavy atom. The topological polar surface area (TPSA) is 35.5 Å². The monoisotopic (exact) mass is 598 g/mol. The molecule has 3 nitrogen and oxygen atoms in total. The molecule has 3 rings (SSSR count). The van der Waals surface area contributed by atoms with Gasteiger partial charge in [-0.15, -0.1) is 0 Å². The lowest BCUT2D eigenvalue weighted by molar-refractivity contribution is 0.0627. The highest BCUT2D eigenvalue weighted by Crippen LogP contribution is 2.34. The third kappa shape index (κ3) is 12.2. The molecule has 0 radical (unpaired) electrons. The zero-order chi connectivity index (χ0) is 31.4. The molecule has 3 aromatic rings. The van der Waals surface area contributed by atoms with Crippen molar-refractivity contribution >= 4 is 5.97 Å². The Labute approximate surface area is 268 Å². The fourth-order valence-corrected chi connectivity index (χ4v) is 6.02. The first kappa shape index (κ1) is 35.6. The maximum atomic E-state index is 13.1. The average Bonchev–Trinajstić information content (AvgIpc) is 3.06. The first-order valence-corrected chi connectivity index (χ1v) is 17.7. The van der Waals surface area contributed by atoms with Crippen molar-refractivity contribution in [3.63, 3.8) is 0 Å². The molecule has 0 bridgehead atoms. The summed E-state index contributed by atoms with van der Waals surface area (Å²) in [5.74, 6) is 0.803. The van der Waals surface area contributed by atoms with Crippen LogP contribution in [0.4, 0.5) is 0 Å². The number of rotatable bonds is 22. The number of para-hydroxylation sites is 1. The van der Waals surface area contributed by atoms with E-state index in [0.717, 1.165) is 49.0 Å². The second kappa shape index (κ2) is 20.9. The van der Waals surface area contributed by atoms with Crippen molar-refractivity contribution in [2.75, 3.05) is 6.61 Å². The van der Waals surface area contributed by atoms with Gasteiger partial charge in [0.15, 0.2) is 0 Å². The molecule has 0 amide bonds. The molecule has 44 heavy (non-hydrogen) atoms. The fraction of sp³-hybridized carbons (Fsp3) is 0.537. The van der Waals surface area contributed by atoms with E-state index in [9.17, 15) is 4.79 Å². The van der Waals surface area contributed by atoms with Crippen LogP contribution in [0.25, 0.3) is 11.1 Å². The molecule has 0 aliphatic rings. The number of carbonyl (C=O) groups is 1. The van der Waals surface area contributed by atoms with Crippen LogP contribution in [0.15, 0.2) is 72.8 Å². The van der Waals surface area contributed by atoms with Crippen LogP contribution in [0.5, 0.6) is 5.75 Å². The number of hydrogen-bond donors (Lipinski definition) is 0. The van der Waals surface area contributed by atoms with Gasteiger partial charge in [-0.05, 0) is 72.6 Å². The van der Waals surface area contributed by atoms with Gasteiger partial charge in [-0.25, -0.2) is 4.79 Å². The first-order chi connectivity index (χ1) is 21.6. The van der Waals surface area contributed by atoms with Gasteiger partial charge in [-0.1, -0.05) is 152 Å². The van der Waals surface area contributed by atoms with E-state index in [1.807, 2.05) is 42.5 Å². The summed E-state index contributed by atoms with van der Waals surface area (Å²) in [5.41, 5.74) is 5.11. The van der Waals surface area contributed by atoms with Crippen molar-refractivity contribution < 1.29 is 14.3 Å². The van der Waals surface area contributed by atoms with Gasteiger partial charge in [0.25, 0.3) is 0 Å². The van der Waals surface area contributed by atoms with Gasteiger partial charge < -0.3 is 9.47 Å². The summed E-state index contributed by atoms with van der Waals surface area (Å²) in [6.07, 6.45) is 19.2. The molecular formula is C41H58O3. The minimum Gasteiger partial charge on any atom is -0.423 e. The standard InChI is InChI=1S/C41H58O3/c1-5-8-10-11-12-13-14-15-16-19-32-43-33(4)34-24-26-35(27-25-34)36-28-30-38(31-29-36)41(42)44-40-23-18-17-22-39(40)37(20-7-3)21-9-6-2/h17-18,22-31,33,37H,5-16,19-21,32H2,1-4H3. The summed E-state index contributed by atoms with van der Waals surface area (Å²) in [6.45, 7) is 9.68. The van der Waals surface area contributed by atoms with Crippen LogP contribution in [0.1, 0.15) is 158 Å². The zero-order valence-electron chi connectivity index (χ0n) is 28.1. The maximum Gasteiger partial charge on any atom is 0.343 e. The maximum absolute atomic E-state index is 13.1. The van der Waals surface area contributed by atoms with Crippen molar-refractivity contribution in [3.05, 3.63) is 89.5 Å². The van der Waals surface area contributed by atoms with Gasteiger partial charge >= 0.3 is 5.97 Å². The zero-order valence-corrected chi connectivity index (χ0v) is 28.1. The molecule has 0 aliphatic heterocycles. The minimum atomic E-state index is -0.307. The fourth-order valence-electron chi connectivity index (χ4n) is 6.02. The van der Waals surface area contributed by atoms with E-state index < -0.39 is 0 Å². The summed E-state index contributed by atoms with van der Waals surface area (Å²) in [7, 11) is 0. The highest BCUT2D eigenvalue weighted by molar-refractivity contribution is 5.91. The predicted octanol–water partition coefficient (Wildman–Crippen LogP) is 12.6. The van der Waals surface area contributed by atoms with Crippen LogP contribution in [0, 0.1) is 0 Å². The van der Waals surface area contributed by atoms with Crippen LogP contribution >= 0.6 is 0 Å². The molecule has 0 heterocycles. The lowest BCUT2D eigenvalue weighted by atomic mass is 9.89. The number of esters is 1. The van der Waals surface area contributed by atoms with E-state index in [1.165, 1.54) is 76.2 Å². The van der Waals surface area contributed by atoms with E-state index in [0.29, 0.717) is 17.2 Å². The van der Waals surface area contributed by atoms with E-state index in [2.05, 4.69) is 58.0 Å². The van der Waals surface area contributed by atoms with E-state index in [4.69, 9.17) is 9.47 Å². The predicted molar refractivity (Wildman–Crippen MR) is 187 cm³/mol. The normalized spacial score (nSPS) is 12.6. The molecule has 0 N–H and O–H groups in total. The molecule has 0 fully saturated rings. The summed E-state index contributed by atoms with van der Waals surface area (Å²) >= 11 is 0. The van der Waals surface area contributed by atoms with Crippen molar-refractivity contribution in [1.29, 1.82) is 0 Å². The molecular weight excluding hydrogens is 540 g/mol. The number of ether oxygens (including phenoxy) is 2. The van der Waals surface area contributed by atoms with Gasteiger partial charge in [0.1, 0.15) is 5.75 Å². The second-order valence-corrected chi connectivity index (χ2v) is 12.4. The molecule has 0 aromatic heterocycles. The van der Waals surface area contributed by atoms with Gasteiger partial charge in [0, 0.05) is 6.61 Å². The quantitative estimate of drug-likeness (QED) is 0.0655. The third-order valence-electron chi connectivity index (χ3n) is 8.80. The van der Waals surface area contributed by atoms with Gasteiger partial charge in [-0.2, -0.15) is 0 Å². The second-order valence-electron chi connectivity index (χ2n) is 12.4. The average molecular weight is 599 g/mol. The molecule has 0 saturated carbocycles. The van der Waals surface area contributed by atoms with Gasteiger partial charge in [-0.3, -0.25) is 0 Å². The van der Waals surface area contributed by atoms with E-state index >= 15 is 0 Å². The Morgan fingerprint density at radius 1 is 0.614 bits per heavy atom. The molecule has 0 spiro atoms. The largest absolute Gasteiger partial charge is 0.423 e. The Kier molecular flexibility index (Phi) is 16.9. The van der Waals surface area contributed by atoms with Crippen molar-refractivity contribution in [2.24, 2.45) is 0 Å². The molecule has 240 valence electrons. The van der Waals surface area contributed by atoms with Crippen LogP contribution < -0.4 is 4.74 Å². The molecule has 3 heteroatoms.